The lowest BCUT2D eigenvalue weighted by Gasteiger charge is -2.32. The van der Waals surface area contributed by atoms with Crippen LogP contribution in [0.4, 0.5) is 5.69 Å². The monoisotopic (exact) mass is 439 g/mol. The van der Waals surface area contributed by atoms with E-state index in [1.54, 1.807) is 35.9 Å². The molecule has 0 saturated carbocycles. The second kappa shape index (κ2) is 8.43. The molecule has 31 heavy (non-hydrogen) atoms. The Balaban J connectivity index is 2.12. The maximum Gasteiger partial charge on any atom is 0.325 e. The highest BCUT2D eigenvalue weighted by Crippen LogP contribution is 2.40. The van der Waals surface area contributed by atoms with Gasteiger partial charge in [-0.2, -0.15) is 0 Å². The molecule has 2 heterocycles. The van der Waals surface area contributed by atoms with Crippen LogP contribution in [0, 0.1) is 0 Å². The van der Waals surface area contributed by atoms with E-state index in [9.17, 15) is 9.59 Å². The zero-order chi connectivity index (χ0) is 22.1. The minimum atomic E-state index is -0.726. The van der Waals surface area contributed by atoms with Crippen molar-refractivity contribution in [3.05, 3.63) is 58.4 Å². The van der Waals surface area contributed by atoms with E-state index in [-0.39, 0.29) is 17.9 Å². The van der Waals surface area contributed by atoms with E-state index < -0.39 is 6.17 Å². The molecule has 0 radical (unpaired) electrons. The van der Waals surface area contributed by atoms with Gasteiger partial charge in [0.1, 0.15) is 11.5 Å². The number of nitrogens with zero attached hydrogens (tertiary/aromatic N) is 3. The number of ether oxygens (including phenoxy) is 2. The fraction of sp³-hybridized carbons (Fsp3) is 0.273. The van der Waals surface area contributed by atoms with E-state index in [1.165, 1.54) is 11.8 Å². The van der Waals surface area contributed by atoms with Crippen LogP contribution in [0.25, 0.3) is 11.3 Å². The van der Waals surface area contributed by atoms with Crippen LogP contribution in [0.1, 0.15) is 25.1 Å². The number of carbonyl (C=O) groups excluding carboxylic acids is 1. The summed E-state index contributed by atoms with van der Waals surface area (Å²) in [7, 11) is 3.14. The summed E-state index contributed by atoms with van der Waals surface area (Å²) in [6.07, 6.45) is 1.39. The molecule has 1 N–H and O–H groups in total. The molecule has 1 aliphatic rings. The van der Waals surface area contributed by atoms with E-state index in [2.05, 4.69) is 10.1 Å². The predicted octanol–water partition coefficient (Wildman–Crippen LogP) is 2.77. The molecule has 0 aliphatic carbocycles. The van der Waals surface area contributed by atoms with Crippen molar-refractivity contribution < 1.29 is 19.0 Å². The van der Waals surface area contributed by atoms with Crippen molar-refractivity contribution in [3.8, 4) is 22.8 Å². The number of fused-ring (bicyclic) bond motifs is 3. The van der Waals surface area contributed by atoms with Gasteiger partial charge in [-0.05, 0) is 41.3 Å². The smallest absolute Gasteiger partial charge is 0.325 e. The highest BCUT2D eigenvalue weighted by Gasteiger charge is 2.46. The quantitative estimate of drug-likeness (QED) is 0.486. The number of aromatic amines is 1. The molecule has 1 amide bonds. The first-order chi connectivity index (χ1) is 15.0. The van der Waals surface area contributed by atoms with Crippen LogP contribution in [0.3, 0.4) is 0 Å². The molecule has 8 nitrogen and oxygen atoms in total. The number of benzene rings is 2. The molecular formula is C22H23N4O4S+. The lowest BCUT2D eigenvalue weighted by Crippen LogP contribution is -2.60. The number of H-pyrrole nitrogens is 1. The third kappa shape index (κ3) is 3.44. The van der Waals surface area contributed by atoms with Gasteiger partial charge in [0.05, 0.1) is 31.0 Å². The second-order valence-electron chi connectivity index (χ2n) is 6.87. The Morgan fingerprint density at radius 3 is 2.68 bits per heavy atom. The summed E-state index contributed by atoms with van der Waals surface area (Å²) in [5.41, 5.74) is 2.05. The fourth-order valence-corrected chi connectivity index (χ4v) is 4.19. The lowest BCUT2D eigenvalue weighted by atomic mass is 10.0. The van der Waals surface area contributed by atoms with Gasteiger partial charge in [0.15, 0.2) is 0 Å². The zero-order valence-electron chi connectivity index (χ0n) is 17.7. The Hall–Kier alpha value is -3.33. The standard InChI is InChI=1S/C22H22N4O4S/c1-5-18(27)25-16-9-7-6-8-14(16)19-20(28)23-22(31-4)24-26(19)21(25)15-12-13(29-2)10-11-17(15)30-3/h6-12,21H,5H2,1-4H3/p+1. The molecule has 160 valence electrons. The van der Waals surface area contributed by atoms with Crippen molar-refractivity contribution >= 4 is 23.4 Å². The van der Waals surface area contributed by atoms with Crippen molar-refractivity contribution in [1.82, 2.24) is 10.1 Å². The first-order valence-corrected chi connectivity index (χ1v) is 11.0. The van der Waals surface area contributed by atoms with Gasteiger partial charge in [0.25, 0.3) is 6.17 Å². The summed E-state index contributed by atoms with van der Waals surface area (Å²) >= 11 is 1.32. The lowest BCUT2D eigenvalue weighted by molar-refractivity contribution is -0.763. The first kappa shape index (κ1) is 20.9. The van der Waals surface area contributed by atoms with Crippen LogP contribution >= 0.6 is 11.8 Å². The summed E-state index contributed by atoms with van der Waals surface area (Å²) in [5.74, 6) is 1.06. The van der Waals surface area contributed by atoms with Crippen LogP contribution in [0.2, 0.25) is 0 Å². The Morgan fingerprint density at radius 2 is 2.00 bits per heavy atom. The van der Waals surface area contributed by atoms with Gasteiger partial charge >= 0.3 is 11.3 Å². The number of carbonyl (C=O) groups is 1. The molecule has 1 aliphatic heterocycles. The number of anilines is 1. The average molecular weight is 440 g/mol. The molecule has 1 unspecified atom stereocenters. The largest absolute Gasteiger partial charge is 0.497 e. The molecule has 9 heteroatoms. The Labute approximate surface area is 183 Å². The number of thioether (sulfide) groups is 1. The number of hydrogen-bond donors (Lipinski definition) is 1. The molecule has 0 fully saturated rings. The van der Waals surface area contributed by atoms with E-state index in [1.807, 2.05) is 43.5 Å². The Morgan fingerprint density at radius 1 is 1.23 bits per heavy atom. The molecule has 1 atom stereocenters. The molecule has 1 aromatic heterocycles. The topological polar surface area (TPSA) is 88.4 Å². The molecule has 0 saturated heterocycles. The summed E-state index contributed by atoms with van der Waals surface area (Å²) in [5, 5.41) is 5.13. The van der Waals surface area contributed by atoms with Crippen molar-refractivity contribution in [2.75, 3.05) is 25.4 Å². The maximum atomic E-state index is 13.2. The number of hydrogen-bond acceptors (Lipinski definition) is 6. The summed E-state index contributed by atoms with van der Waals surface area (Å²) in [6.45, 7) is 1.81. The third-order valence-corrected chi connectivity index (χ3v) is 5.81. The van der Waals surface area contributed by atoms with Crippen molar-refractivity contribution in [3.63, 3.8) is 0 Å². The van der Waals surface area contributed by atoms with Crippen LogP contribution in [0.15, 0.2) is 52.4 Å². The molecule has 2 aromatic carbocycles. The molecule has 3 aromatic rings. The number of para-hydroxylation sites is 1. The molecule has 0 spiro atoms. The zero-order valence-corrected chi connectivity index (χ0v) is 18.5. The van der Waals surface area contributed by atoms with E-state index in [0.29, 0.717) is 39.2 Å². The summed E-state index contributed by atoms with van der Waals surface area (Å²) in [6, 6.07) is 12.7. The van der Waals surface area contributed by atoms with Crippen molar-refractivity contribution in [2.45, 2.75) is 24.7 Å². The summed E-state index contributed by atoms with van der Waals surface area (Å²) < 4.78 is 12.7. The minimum absolute atomic E-state index is 0.103. The Kier molecular flexibility index (Phi) is 5.69. The van der Waals surface area contributed by atoms with Gasteiger partial charge in [-0.25, -0.2) is 4.90 Å². The molecule has 4 rings (SSSR count). The van der Waals surface area contributed by atoms with Crippen LogP contribution in [0.5, 0.6) is 11.5 Å². The highest BCUT2D eigenvalue weighted by molar-refractivity contribution is 7.98. The number of amides is 1. The molecular weight excluding hydrogens is 416 g/mol. The normalized spacial score (nSPS) is 14.6. The van der Waals surface area contributed by atoms with Gasteiger partial charge in [0.2, 0.25) is 11.1 Å². The SMILES string of the molecule is CCC(=O)N1c2ccccc2-c2c(=O)[nH]c(SC)n[n+]2C1c1cc(OC)ccc1OC. The van der Waals surface area contributed by atoms with Crippen LogP contribution in [-0.4, -0.2) is 36.5 Å². The van der Waals surface area contributed by atoms with Crippen LogP contribution in [-0.2, 0) is 4.79 Å². The van der Waals surface area contributed by atoms with Gasteiger partial charge in [-0.3, -0.25) is 14.6 Å². The first-order valence-electron chi connectivity index (χ1n) is 9.77. The predicted molar refractivity (Wildman–Crippen MR) is 118 cm³/mol. The van der Waals surface area contributed by atoms with Gasteiger partial charge in [-0.1, -0.05) is 30.8 Å². The van der Waals surface area contributed by atoms with Crippen LogP contribution < -0.4 is 24.6 Å². The number of methoxy groups -OCH3 is 2. The average Bonchev–Trinajstić information content (AvgIpc) is 2.81. The second-order valence-corrected chi connectivity index (χ2v) is 7.67. The number of rotatable bonds is 5. The van der Waals surface area contributed by atoms with E-state index >= 15 is 0 Å². The van der Waals surface area contributed by atoms with Crippen molar-refractivity contribution in [1.29, 1.82) is 0 Å². The highest BCUT2D eigenvalue weighted by atomic mass is 32.2. The summed E-state index contributed by atoms with van der Waals surface area (Å²) in [4.78, 5) is 30.9. The van der Waals surface area contributed by atoms with Gasteiger partial charge < -0.3 is 9.47 Å². The third-order valence-electron chi connectivity index (χ3n) is 5.24. The number of nitrogens with one attached hydrogen (secondary N) is 1. The van der Waals surface area contributed by atoms with Gasteiger partial charge in [0, 0.05) is 11.5 Å². The Bertz CT molecular complexity index is 1210. The molecule has 0 bridgehead atoms. The minimum Gasteiger partial charge on any atom is -0.497 e. The van der Waals surface area contributed by atoms with E-state index in [0.717, 1.165) is 0 Å². The van der Waals surface area contributed by atoms with Gasteiger partial charge in [-0.15, -0.1) is 0 Å². The maximum absolute atomic E-state index is 13.2. The van der Waals surface area contributed by atoms with E-state index in [4.69, 9.17) is 9.47 Å². The fourth-order valence-electron chi connectivity index (χ4n) is 3.83. The van der Waals surface area contributed by atoms with Crippen molar-refractivity contribution in [2.24, 2.45) is 0 Å². The number of aromatic nitrogens is 3.